The lowest BCUT2D eigenvalue weighted by molar-refractivity contribution is -0.138. The zero-order chi connectivity index (χ0) is 20.3. The quantitative estimate of drug-likeness (QED) is 0.550. The van der Waals surface area contributed by atoms with Crippen LogP contribution in [0.3, 0.4) is 0 Å². The van der Waals surface area contributed by atoms with Crippen LogP contribution in [-0.2, 0) is 16.1 Å². The molecule has 0 spiro atoms. The molecule has 4 nitrogen and oxygen atoms in total. The Morgan fingerprint density at radius 1 is 1.03 bits per heavy atom. The number of carbonyl (C=O) groups is 1. The van der Waals surface area contributed by atoms with Crippen molar-refractivity contribution in [2.75, 3.05) is 0 Å². The molecule has 2 fully saturated rings. The standard InChI is InChI=1S/C25H30O4/c1-19(14-23(26)27)16-24-10-12-25(18-24,13-11-24)28-17-20-6-5-9-22(15-20)29-21-7-3-2-4-8-21/h2-9,15,19H,10-14,16-18H2,1H3,(H,26,27). The summed E-state index contributed by atoms with van der Waals surface area (Å²) < 4.78 is 12.4. The van der Waals surface area contributed by atoms with Crippen LogP contribution in [0.4, 0.5) is 0 Å². The highest BCUT2D eigenvalue weighted by Gasteiger charge is 2.55. The van der Waals surface area contributed by atoms with Gasteiger partial charge in [0.2, 0.25) is 0 Å². The molecular formula is C25H30O4. The monoisotopic (exact) mass is 394 g/mol. The molecule has 0 saturated heterocycles. The van der Waals surface area contributed by atoms with E-state index in [9.17, 15) is 4.79 Å². The summed E-state index contributed by atoms with van der Waals surface area (Å²) in [7, 11) is 0. The summed E-state index contributed by atoms with van der Waals surface area (Å²) in [5, 5.41) is 9.07. The molecule has 2 bridgehead atoms. The smallest absolute Gasteiger partial charge is 0.303 e. The Bertz CT molecular complexity index is 837. The van der Waals surface area contributed by atoms with Crippen molar-refractivity contribution >= 4 is 5.97 Å². The highest BCUT2D eigenvalue weighted by atomic mass is 16.5. The first kappa shape index (κ1) is 20.0. The minimum absolute atomic E-state index is 0.0285. The first-order valence-corrected chi connectivity index (χ1v) is 10.6. The second-order valence-electron chi connectivity index (χ2n) is 9.12. The van der Waals surface area contributed by atoms with Crippen molar-refractivity contribution in [2.45, 2.75) is 64.1 Å². The molecule has 2 aliphatic carbocycles. The fourth-order valence-electron chi connectivity index (χ4n) is 5.41. The lowest BCUT2D eigenvalue weighted by Crippen LogP contribution is -2.26. The highest BCUT2D eigenvalue weighted by molar-refractivity contribution is 5.66. The third-order valence-corrected chi connectivity index (χ3v) is 6.65. The fourth-order valence-corrected chi connectivity index (χ4v) is 5.41. The molecule has 0 radical (unpaired) electrons. The van der Waals surface area contributed by atoms with Crippen LogP contribution in [-0.4, -0.2) is 16.7 Å². The molecular weight excluding hydrogens is 364 g/mol. The molecule has 4 rings (SSSR count). The molecule has 1 N–H and O–H groups in total. The normalized spacial score (nSPS) is 26.4. The van der Waals surface area contributed by atoms with E-state index < -0.39 is 5.97 Å². The van der Waals surface area contributed by atoms with Gasteiger partial charge in [-0.1, -0.05) is 37.3 Å². The minimum atomic E-state index is -0.690. The van der Waals surface area contributed by atoms with Crippen molar-refractivity contribution < 1.29 is 19.4 Å². The van der Waals surface area contributed by atoms with E-state index in [1.165, 1.54) is 0 Å². The number of benzene rings is 2. The van der Waals surface area contributed by atoms with Crippen molar-refractivity contribution in [2.24, 2.45) is 11.3 Å². The van der Waals surface area contributed by atoms with E-state index >= 15 is 0 Å². The molecule has 29 heavy (non-hydrogen) atoms. The molecule has 0 heterocycles. The minimum Gasteiger partial charge on any atom is -0.481 e. The maximum atomic E-state index is 11.0. The van der Waals surface area contributed by atoms with Gasteiger partial charge in [0.1, 0.15) is 11.5 Å². The number of hydrogen-bond acceptors (Lipinski definition) is 3. The predicted octanol–water partition coefficient (Wildman–Crippen LogP) is 6.20. The summed E-state index contributed by atoms with van der Waals surface area (Å²) >= 11 is 0. The van der Waals surface area contributed by atoms with Gasteiger partial charge in [0.25, 0.3) is 0 Å². The Balaban J connectivity index is 1.34. The van der Waals surface area contributed by atoms with E-state index in [1.807, 2.05) is 42.5 Å². The van der Waals surface area contributed by atoms with E-state index in [1.54, 1.807) is 0 Å². The van der Waals surface area contributed by atoms with Crippen molar-refractivity contribution in [1.82, 2.24) is 0 Å². The van der Waals surface area contributed by atoms with Crippen LogP contribution in [0.1, 0.15) is 57.4 Å². The summed E-state index contributed by atoms with van der Waals surface area (Å²) in [4.78, 5) is 11.0. The van der Waals surface area contributed by atoms with E-state index in [0.29, 0.717) is 6.61 Å². The summed E-state index contributed by atoms with van der Waals surface area (Å²) in [5.74, 6) is 1.19. The lowest BCUT2D eigenvalue weighted by Gasteiger charge is -2.29. The zero-order valence-corrected chi connectivity index (χ0v) is 17.1. The molecule has 2 aromatic carbocycles. The number of fused-ring (bicyclic) bond motifs is 2. The van der Waals surface area contributed by atoms with Gasteiger partial charge >= 0.3 is 5.97 Å². The number of aliphatic carboxylic acids is 1. The Labute approximate surface area is 172 Å². The number of hydrogen-bond donors (Lipinski definition) is 1. The maximum absolute atomic E-state index is 11.0. The van der Waals surface area contributed by atoms with Crippen LogP contribution >= 0.6 is 0 Å². The Morgan fingerprint density at radius 3 is 2.48 bits per heavy atom. The molecule has 0 amide bonds. The molecule has 4 heteroatoms. The maximum Gasteiger partial charge on any atom is 0.303 e. The van der Waals surface area contributed by atoms with Crippen LogP contribution < -0.4 is 4.74 Å². The molecule has 2 aliphatic rings. The topological polar surface area (TPSA) is 55.8 Å². The van der Waals surface area contributed by atoms with E-state index in [2.05, 4.69) is 19.1 Å². The molecule has 2 aromatic rings. The second kappa shape index (κ2) is 8.19. The molecule has 154 valence electrons. The first-order valence-electron chi connectivity index (χ1n) is 10.6. The van der Waals surface area contributed by atoms with Gasteiger partial charge in [-0.3, -0.25) is 4.79 Å². The van der Waals surface area contributed by atoms with Gasteiger partial charge in [0.05, 0.1) is 12.2 Å². The van der Waals surface area contributed by atoms with Crippen molar-refractivity contribution in [1.29, 1.82) is 0 Å². The zero-order valence-electron chi connectivity index (χ0n) is 17.1. The van der Waals surface area contributed by atoms with Gasteiger partial charge in [-0.15, -0.1) is 0 Å². The van der Waals surface area contributed by atoms with Crippen LogP contribution in [0.2, 0.25) is 0 Å². The number of para-hydroxylation sites is 1. The summed E-state index contributed by atoms with van der Waals surface area (Å²) in [6.45, 7) is 2.66. The first-order chi connectivity index (χ1) is 14.0. The van der Waals surface area contributed by atoms with Crippen molar-refractivity contribution in [3.05, 3.63) is 60.2 Å². The third-order valence-electron chi connectivity index (χ3n) is 6.65. The third kappa shape index (κ3) is 4.81. The summed E-state index contributed by atoms with van der Waals surface area (Å²) in [6.07, 6.45) is 6.85. The summed E-state index contributed by atoms with van der Waals surface area (Å²) in [6, 6.07) is 17.9. The van der Waals surface area contributed by atoms with Crippen molar-refractivity contribution in [3.8, 4) is 11.5 Å². The average Bonchev–Trinajstić information content (AvgIpc) is 3.23. The van der Waals surface area contributed by atoms with Crippen LogP contribution in [0.25, 0.3) is 0 Å². The van der Waals surface area contributed by atoms with Gasteiger partial charge in [-0.2, -0.15) is 0 Å². The van der Waals surface area contributed by atoms with Crippen LogP contribution in [0, 0.1) is 11.3 Å². The Morgan fingerprint density at radius 2 is 1.76 bits per heavy atom. The Kier molecular flexibility index (Phi) is 5.64. The number of rotatable bonds is 9. The van der Waals surface area contributed by atoms with Gasteiger partial charge in [0, 0.05) is 6.42 Å². The largest absolute Gasteiger partial charge is 0.481 e. The number of carboxylic acid groups (broad SMARTS) is 1. The second-order valence-corrected chi connectivity index (χ2v) is 9.12. The number of ether oxygens (including phenoxy) is 2. The van der Waals surface area contributed by atoms with Crippen LogP contribution in [0.5, 0.6) is 11.5 Å². The highest BCUT2D eigenvalue weighted by Crippen LogP contribution is 2.61. The van der Waals surface area contributed by atoms with E-state index in [4.69, 9.17) is 14.6 Å². The van der Waals surface area contributed by atoms with Crippen molar-refractivity contribution in [3.63, 3.8) is 0 Å². The number of carboxylic acids is 1. The Hall–Kier alpha value is -2.33. The van der Waals surface area contributed by atoms with Gasteiger partial charge in [-0.05, 0) is 79.7 Å². The molecule has 0 aliphatic heterocycles. The van der Waals surface area contributed by atoms with Gasteiger partial charge in [0.15, 0.2) is 0 Å². The molecule has 0 aromatic heterocycles. The fraction of sp³-hybridized carbons (Fsp3) is 0.480. The predicted molar refractivity (Wildman–Crippen MR) is 112 cm³/mol. The van der Waals surface area contributed by atoms with E-state index in [-0.39, 0.29) is 23.4 Å². The molecule has 1 atom stereocenters. The van der Waals surface area contributed by atoms with Crippen LogP contribution in [0.15, 0.2) is 54.6 Å². The van der Waals surface area contributed by atoms with Gasteiger partial charge in [-0.25, -0.2) is 0 Å². The van der Waals surface area contributed by atoms with Gasteiger partial charge < -0.3 is 14.6 Å². The SMILES string of the molecule is CC(CC(=O)O)CC12CCC(OCc3cccc(Oc4ccccc4)c3)(CC1)C2. The average molecular weight is 395 g/mol. The summed E-state index contributed by atoms with van der Waals surface area (Å²) in [5.41, 5.74) is 1.38. The lowest BCUT2D eigenvalue weighted by atomic mass is 9.76. The molecule has 2 saturated carbocycles. The molecule has 1 unspecified atom stereocenters. The van der Waals surface area contributed by atoms with E-state index in [0.717, 1.165) is 55.6 Å².